The highest BCUT2D eigenvalue weighted by Crippen LogP contribution is 2.30. The van der Waals surface area contributed by atoms with Gasteiger partial charge in [0.05, 0.1) is 19.3 Å². The molecule has 1 aliphatic heterocycles. The summed E-state index contributed by atoms with van der Waals surface area (Å²) in [6.45, 7) is 7.78. The first kappa shape index (κ1) is 11.6. The Labute approximate surface area is 97.3 Å². The summed E-state index contributed by atoms with van der Waals surface area (Å²) >= 11 is 0. The predicted octanol–water partition coefficient (Wildman–Crippen LogP) is 3.04. The van der Waals surface area contributed by atoms with Gasteiger partial charge in [0.1, 0.15) is 0 Å². The fraction of sp³-hybridized carbons (Fsp3) is 0.571. The Bertz CT molecular complexity index is 371. The average Bonchev–Trinajstić information content (AvgIpc) is 2.73. The van der Waals surface area contributed by atoms with Crippen LogP contribution < -0.4 is 0 Å². The van der Waals surface area contributed by atoms with Crippen molar-refractivity contribution in [3.63, 3.8) is 0 Å². The molecule has 2 heteroatoms. The van der Waals surface area contributed by atoms with Crippen LogP contribution in [0.25, 0.3) is 0 Å². The highest BCUT2D eigenvalue weighted by Gasteiger charge is 2.21. The van der Waals surface area contributed by atoms with Gasteiger partial charge < -0.3 is 9.84 Å². The van der Waals surface area contributed by atoms with Crippen molar-refractivity contribution in [1.29, 1.82) is 0 Å². The van der Waals surface area contributed by atoms with Gasteiger partial charge in [-0.1, -0.05) is 39.0 Å². The molecule has 16 heavy (non-hydrogen) atoms. The lowest BCUT2D eigenvalue weighted by Gasteiger charge is -2.23. The lowest BCUT2D eigenvalue weighted by molar-refractivity contribution is 0.0919. The predicted molar refractivity (Wildman–Crippen MR) is 63.9 cm³/mol. The number of rotatable bonds is 3. The molecule has 1 N–H and O–H groups in total. The van der Waals surface area contributed by atoms with E-state index in [1.54, 1.807) is 0 Å². The van der Waals surface area contributed by atoms with E-state index in [-0.39, 0.29) is 12.0 Å². The van der Waals surface area contributed by atoms with E-state index < -0.39 is 0 Å². The number of aliphatic hydroxyl groups excluding tert-OH is 1. The molecule has 88 valence electrons. The van der Waals surface area contributed by atoms with Crippen LogP contribution in [0.15, 0.2) is 18.2 Å². The number of benzene rings is 1. The summed E-state index contributed by atoms with van der Waals surface area (Å²) in [4.78, 5) is 0. The fourth-order valence-electron chi connectivity index (χ4n) is 2.04. The second-order valence-electron chi connectivity index (χ2n) is 5.07. The normalized spacial score (nSPS) is 18.6. The molecule has 0 fully saturated rings. The van der Waals surface area contributed by atoms with Crippen molar-refractivity contribution in [2.45, 2.75) is 40.1 Å². The smallest absolute Gasteiger partial charge is 0.0818 e. The maximum Gasteiger partial charge on any atom is 0.0818 e. The van der Waals surface area contributed by atoms with Gasteiger partial charge >= 0.3 is 0 Å². The highest BCUT2D eigenvalue weighted by molar-refractivity contribution is 5.34. The van der Waals surface area contributed by atoms with E-state index in [9.17, 15) is 5.11 Å². The van der Waals surface area contributed by atoms with Crippen molar-refractivity contribution in [2.24, 2.45) is 11.8 Å². The van der Waals surface area contributed by atoms with E-state index in [1.807, 2.05) is 6.07 Å². The van der Waals surface area contributed by atoms with Gasteiger partial charge in [0.2, 0.25) is 0 Å². The number of fused-ring (bicyclic) bond motifs is 1. The molecule has 2 atom stereocenters. The molecule has 1 heterocycles. The molecule has 0 bridgehead atoms. The van der Waals surface area contributed by atoms with Crippen LogP contribution in [0.1, 0.15) is 43.6 Å². The number of hydrogen-bond donors (Lipinski definition) is 1. The molecule has 0 spiro atoms. The van der Waals surface area contributed by atoms with Crippen molar-refractivity contribution in [3.8, 4) is 0 Å². The first-order valence-electron chi connectivity index (χ1n) is 5.97. The van der Waals surface area contributed by atoms with E-state index in [1.165, 1.54) is 11.1 Å². The Morgan fingerprint density at radius 2 is 1.81 bits per heavy atom. The van der Waals surface area contributed by atoms with Crippen LogP contribution in [-0.4, -0.2) is 5.11 Å². The summed E-state index contributed by atoms with van der Waals surface area (Å²) in [5.74, 6) is 0.764. The second-order valence-corrected chi connectivity index (χ2v) is 5.07. The van der Waals surface area contributed by atoms with Gasteiger partial charge in [-0.3, -0.25) is 0 Å². The van der Waals surface area contributed by atoms with E-state index >= 15 is 0 Å². The van der Waals surface area contributed by atoms with Crippen molar-refractivity contribution in [2.75, 3.05) is 0 Å². The Morgan fingerprint density at radius 3 is 2.50 bits per heavy atom. The molecule has 2 rings (SSSR count). The molecule has 1 aliphatic rings. The zero-order valence-corrected chi connectivity index (χ0v) is 10.2. The lowest BCUT2D eigenvalue weighted by Crippen LogP contribution is -2.15. The van der Waals surface area contributed by atoms with E-state index in [0.29, 0.717) is 19.1 Å². The van der Waals surface area contributed by atoms with Gasteiger partial charge in [-0.15, -0.1) is 0 Å². The van der Waals surface area contributed by atoms with Crippen LogP contribution in [0.2, 0.25) is 0 Å². The van der Waals surface area contributed by atoms with Crippen LogP contribution in [0.3, 0.4) is 0 Å². The summed E-state index contributed by atoms with van der Waals surface area (Å²) in [5, 5.41) is 10.2. The van der Waals surface area contributed by atoms with Crippen molar-refractivity contribution in [3.05, 3.63) is 34.9 Å². The topological polar surface area (TPSA) is 29.5 Å². The molecule has 0 saturated carbocycles. The van der Waals surface area contributed by atoms with Gasteiger partial charge in [-0.2, -0.15) is 0 Å². The lowest BCUT2D eigenvalue weighted by atomic mass is 9.87. The second kappa shape index (κ2) is 4.56. The summed E-state index contributed by atoms with van der Waals surface area (Å²) in [5.41, 5.74) is 3.51. The average molecular weight is 220 g/mol. The van der Waals surface area contributed by atoms with Crippen LogP contribution in [0, 0.1) is 11.8 Å². The minimum atomic E-state index is -0.370. The first-order valence-corrected chi connectivity index (χ1v) is 5.97. The zero-order valence-electron chi connectivity index (χ0n) is 10.2. The Kier molecular flexibility index (Phi) is 3.31. The third-order valence-electron chi connectivity index (χ3n) is 3.64. The molecule has 1 aromatic carbocycles. The minimum absolute atomic E-state index is 0.278. The third kappa shape index (κ3) is 2.13. The third-order valence-corrected chi connectivity index (χ3v) is 3.64. The molecule has 0 amide bonds. The Morgan fingerprint density at radius 1 is 1.12 bits per heavy atom. The van der Waals surface area contributed by atoms with Gasteiger partial charge in [-0.05, 0) is 28.5 Å². The van der Waals surface area contributed by atoms with Gasteiger partial charge in [-0.25, -0.2) is 0 Å². The molecule has 0 aliphatic carbocycles. The maximum atomic E-state index is 10.2. The quantitative estimate of drug-likeness (QED) is 0.848. The SMILES string of the molecule is CC(C)C(C)C(O)c1ccc2c(c1)COC2. The molecule has 1 aromatic rings. The van der Waals surface area contributed by atoms with Gasteiger partial charge in [0.15, 0.2) is 0 Å². The van der Waals surface area contributed by atoms with E-state index in [4.69, 9.17) is 4.74 Å². The molecular weight excluding hydrogens is 200 g/mol. The van der Waals surface area contributed by atoms with Crippen LogP contribution in [-0.2, 0) is 18.0 Å². The summed E-state index contributed by atoms with van der Waals surface area (Å²) in [6.07, 6.45) is -0.370. The monoisotopic (exact) mass is 220 g/mol. The van der Waals surface area contributed by atoms with Crippen LogP contribution in [0.5, 0.6) is 0 Å². The largest absolute Gasteiger partial charge is 0.388 e. The highest BCUT2D eigenvalue weighted by atomic mass is 16.5. The van der Waals surface area contributed by atoms with Gasteiger partial charge in [0.25, 0.3) is 0 Å². The van der Waals surface area contributed by atoms with Crippen molar-refractivity contribution < 1.29 is 9.84 Å². The Balaban J connectivity index is 2.21. The maximum absolute atomic E-state index is 10.2. The fourth-order valence-corrected chi connectivity index (χ4v) is 2.04. The van der Waals surface area contributed by atoms with Crippen LogP contribution >= 0.6 is 0 Å². The number of aliphatic hydroxyl groups is 1. The van der Waals surface area contributed by atoms with Crippen molar-refractivity contribution in [1.82, 2.24) is 0 Å². The summed E-state index contributed by atoms with van der Waals surface area (Å²) < 4.78 is 5.38. The summed E-state index contributed by atoms with van der Waals surface area (Å²) in [7, 11) is 0. The number of ether oxygens (including phenoxy) is 1. The molecular formula is C14H20O2. The standard InChI is InChI=1S/C14H20O2/c1-9(2)10(3)14(15)11-4-5-12-7-16-8-13(12)6-11/h4-6,9-10,14-15H,7-8H2,1-3H3. The van der Waals surface area contributed by atoms with Crippen LogP contribution in [0.4, 0.5) is 0 Å². The van der Waals surface area contributed by atoms with Crippen molar-refractivity contribution >= 4 is 0 Å². The van der Waals surface area contributed by atoms with E-state index in [0.717, 1.165) is 5.56 Å². The zero-order chi connectivity index (χ0) is 11.7. The van der Waals surface area contributed by atoms with Gasteiger partial charge in [0, 0.05) is 0 Å². The first-order chi connectivity index (χ1) is 7.59. The molecule has 0 saturated heterocycles. The molecule has 0 aromatic heterocycles. The number of hydrogen-bond acceptors (Lipinski definition) is 2. The molecule has 0 radical (unpaired) electrons. The molecule has 2 unspecified atom stereocenters. The minimum Gasteiger partial charge on any atom is -0.388 e. The summed E-state index contributed by atoms with van der Waals surface area (Å²) in [6, 6.07) is 6.19. The van der Waals surface area contributed by atoms with E-state index in [2.05, 4.69) is 32.9 Å². The molecule has 2 nitrogen and oxygen atoms in total. The Hall–Kier alpha value is -0.860.